The first-order valence-electron chi connectivity index (χ1n) is 8.23. The molecule has 3 aromatic rings. The van der Waals surface area contributed by atoms with Crippen LogP contribution in [0, 0.1) is 6.92 Å². The van der Waals surface area contributed by atoms with E-state index in [1.54, 1.807) is 12.1 Å². The number of pyridine rings is 1. The van der Waals surface area contributed by atoms with Crippen LogP contribution < -0.4 is 5.56 Å². The summed E-state index contributed by atoms with van der Waals surface area (Å²) in [6.45, 7) is 1.87. The van der Waals surface area contributed by atoms with Crippen LogP contribution in [0.25, 0.3) is 21.8 Å². The molecule has 6 nitrogen and oxygen atoms in total. The lowest BCUT2D eigenvalue weighted by Crippen LogP contribution is -2.10. The Morgan fingerprint density at radius 2 is 2.08 bits per heavy atom. The highest BCUT2D eigenvalue weighted by molar-refractivity contribution is 6.06. The van der Waals surface area contributed by atoms with Gasteiger partial charge in [0, 0.05) is 5.39 Å². The quantitative estimate of drug-likeness (QED) is 0.735. The van der Waals surface area contributed by atoms with E-state index in [1.165, 1.54) is 20.0 Å². The van der Waals surface area contributed by atoms with E-state index in [9.17, 15) is 9.59 Å². The minimum Gasteiger partial charge on any atom is -0.465 e. The summed E-state index contributed by atoms with van der Waals surface area (Å²) in [4.78, 5) is 27.2. The number of ether oxygens (including phenoxy) is 1. The molecule has 1 aliphatic carbocycles. The minimum absolute atomic E-state index is 0.165. The number of nitrogens with zero attached hydrogens (tertiary/aromatic N) is 2. The molecule has 1 aliphatic rings. The number of carbonyl (C=O) groups is 1. The van der Waals surface area contributed by atoms with Crippen molar-refractivity contribution in [2.45, 2.75) is 38.6 Å². The van der Waals surface area contributed by atoms with Crippen molar-refractivity contribution in [2.75, 3.05) is 7.11 Å². The van der Waals surface area contributed by atoms with Crippen molar-refractivity contribution in [3.8, 4) is 0 Å². The molecule has 4 rings (SSSR count). The molecule has 0 aliphatic heterocycles. The van der Waals surface area contributed by atoms with E-state index < -0.39 is 5.97 Å². The first-order valence-corrected chi connectivity index (χ1v) is 8.23. The van der Waals surface area contributed by atoms with Crippen molar-refractivity contribution in [1.29, 1.82) is 0 Å². The third kappa shape index (κ3) is 2.13. The number of nitrogens with one attached hydrogen (secondary N) is 1. The Morgan fingerprint density at radius 1 is 1.33 bits per heavy atom. The number of aryl methyl sites for hydroxylation is 1. The van der Waals surface area contributed by atoms with Crippen molar-refractivity contribution in [3.63, 3.8) is 0 Å². The van der Waals surface area contributed by atoms with Gasteiger partial charge >= 0.3 is 5.97 Å². The molecule has 2 aromatic heterocycles. The molecule has 2 heterocycles. The standard InChI is InChI=1S/C18H19N3O3/c1-10-15-16(21(20-10)12-5-3-4-6-12)13-8-7-11(18(23)24-2)9-14(13)19-17(15)22/h7-9,12H,3-6H2,1-2H3,(H,19,22). The topological polar surface area (TPSA) is 77.0 Å². The Balaban J connectivity index is 2.05. The smallest absolute Gasteiger partial charge is 0.337 e. The van der Waals surface area contributed by atoms with Crippen molar-refractivity contribution in [2.24, 2.45) is 0 Å². The number of benzene rings is 1. The summed E-state index contributed by atoms with van der Waals surface area (Å²) in [5.74, 6) is -0.418. The molecule has 1 N–H and O–H groups in total. The van der Waals surface area contributed by atoms with Gasteiger partial charge in [0.05, 0.1) is 40.8 Å². The number of hydrogen-bond acceptors (Lipinski definition) is 4. The number of methoxy groups -OCH3 is 1. The number of esters is 1. The van der Waals surface area contributed by atoms with Gasteiger partial charge in [0.2, 0.25) is 0 Å². The van der Waals surface area contributed by atoms with Crippen molar-refractivity contribution in [3.05, 3.63) is 39.8 Å². The van der Waals surface area contributed by atoms with Crippen molar-refractivity contribution < 1.29 is 9.53 Å². The molecule has 0 saturated heterocycles. The van der Waals surface area contributed by atoms with Gasteiger partial charge in [0.25, 0.3) is 5.56 Å². The molecule has 0 bridgehead atoms. The first kappa shape index (κ1) is 14.9. The molecular weight excluding hydrogens is 306 g/mol. The molecule has 1 fully saturated rings. The second-order valence-corrected chi connectivity index (χ2v) is 6.40. The number of aromatic nitrogens is 3. The van der Waals surface area contributed by atoms with E-state index in [0.29, 0.717) is 22.5 Å². The van der Waals surface area contributed by atoms with Gasteiger partial charge in [-0.25, -0.2) is 4.79 Å². The molecule has 1 aromatic carbocycles. The van der Waals surface area contributed by atoms with E-state index >= 15 is 0 Å². The third-order valence-electron chi connectivity index (χ3n) is 4.93. The van der Waals surface area contributed by atoms with Crippen LogP contribution in [0.4, 0.5) is 0 Å². The number of hydrogen-bond donors (Lipinski definition) is 1. The maximum absolute atomic E-state index is 12.6. The number of fused-ring (bicyclic) bond motifs is 3. The van der Waals surface area contributed by atoms with Gasteiger partial charge in [-0.05, 0) is 38.0 Å². The van der Waals surface area contributed by atoms with Gasteiger partial charge in [-0.2, -0.15) is 5.10 Å². The van der Waals surface area contributed by atoms with Crippen LogP contribution in [0.5, 0.6) is 0 Å². The number of rotatable bonds is 2. The highest BCUT2D eigenvalue weighted by atomic mass is 16.5. The summed E-state index contributed by atoms with van der Waals surface area (Å²) in [5.41, 5.74) is 2.51. The van der Waals surface area contributed by atoms with Crippen LogP contribution in [0.2, 0.25) is 0 Å². The third-order valence-corrected chi connectivity index (χ3v) is 4.93. The fourth-order valence-corrected chi connectivity index (χ4v) is 3.77. The molecule has 6 heteroatoms. The molecule has 1 saturated carbocycles. The fraction of sp³-hybridized carbons (Fsp3) is 0.389. The average molecular weight is 325 g/mol. The SMILES string of the molecule is COC(=O)c1ccc2c(c1)[nH]c(=O)c1c(C)nn(C3CCCC3)c12. The Labute approximate surface area is 138 Å². The van der Waals surface area contributed by atoms with Gasteiger partial charge in [0.1, 0.15) is 0 Å². The molecule has 0 unspecified atom stereocenters. The number of carbonyl (C=O) groups excluding carboxylic acids is 1. The van der Waals surface area contributed by atoms with E-state index in [1.807, 2.05) is 17.7 Å². The Hall–Kier alpha value is -2.63. The van der Waals surface area contributed by atoms with Crippen molar-refractivity contribution in [1.82, 2.24) is 14.8 Å². The zero-order valence-corrected chi connectivity index (χ0v) is 13.8. The lowest BCUT2D eigenvalue weighted by Gasteiger charge is -2.13. The van der Waals surface area contributed by atoms with E-state index in [4.69, 9.17) is 4.74 Å². The van der Waals surface area contributed by atoms with Crippen LogP contribution in [0.1, 0.15) is 47.8 Å². The Morgan fingerprint density at radius 3 is 2.79 bits per heavy atom. The molecule has 124 valence electrons. The molecule has 0 atom stereocenters. The largest absolute Gasteiger partial charge is 0.465 e. The summed E-state index contributed by atoms with van der Waals surface area (Å²) in [6, 6.07) is 5.61. The maximum atomic E-state index is 12.6. The number of H-pyrrole nitrogens is 1. The van der Waals surface area contributed by atoms with Gasteiger partial charge in [-0.3, -0.25) is 9.48 Å². The van der Waals surface area contributed by atoms with Crippen LogP contribution in [0.15, 0.2) is 23.0 Å². The van der Waals surface area contributed by atoms with Gasteiger partial charge in [0.15, 0.2) is 0 Å². The minimum atomic E-state index is -0.418. The second kappa shape index (κ2) is 5.47. The fourth-order valence-electron chi connectivity index (χ4n) is 3.77. The van der Waals surface area contributed by atoms with Gasteiger partial charge < -0.3 is 9.72 Å². The number of aromatic amines is 1. The highest BCUT2D eigenvalue weighted by Gasteiger charge is 2.23. The predicted molar refractivity (Wildman–Crippen MR) is 91.4 cm³/mol. The summed E-state index contributed by atoms with van der Waals surface area (Å²) in [6.07, 6.45) is 4.56. The van der Waals surface area contributed by atoms with E-state index in [0.717, 1.165) is 29.4 Å². The lowest BCUT2D eigenvalue weighted by molar-refractivity contribution is 0.0601. The highest BCUT2D eigenvalue weighted by Crippen LogP contribution is 2.34. The molecular formula is C18H19N3O3. The predicted octanol–water partition coefficient (Wildman–Crippen LogP) is 3.09. The molecule has 0 amide bonds. The molecule has 24 heavy (non-hydrogen) atoms. The van der Waals surface area contributed by atoms with E-state index in [-0.39, 0.29) is 5.56 Å². The Bertz CT molecular complexity index is 1010. The van der Waals surface area contributed by atoms with Gasteiger partial charge in [-0.1, -0.05) is 12.8 Å². The van der Waals surface area contributed by atoms with Crippen LogP contribution >= 0.6 is 0 Å². The van der Waals surface area contributed by atoms with E-state index in [2.05, 4.69) is 10.1 Å². The maximum Gasteiger partial charge on any atom is 0.337 e. The van der Waals surface area contributed by atoms with Crippen molar-refractivity contribution >= 4 is 27.8 Å². The molecule has 0 spiro atoms. The summed E-state index contributed by atoms with van der Waals surface area (Å²) in [5, 5.41) is 6.21. The first-order chi connectivity index (χ1) is 11.6. The zero-order valence-electron chi connectivity index (χ0n) is 13.8. The second-order valence-electron chi connectivity index (χ2n) is 6.40. The summed E-state index contributed by atoms with van der Waals surface area (Å²) >= 11 is 0. The van der Waals surface area contributed by atoms with Crippen LogP contribution in [-0.4, -0.2) is 27.8 Å². The average Bonchev–Trinajstić information content (AvgIpc) is 3.21. The van der Waals surface area contributed by atoms with Crippen LogP contribution in [0.3, 0.4) is 0 Å². The molecule has 0 radical (unpaired) electrons. The lowest BCUT2D eigenvalue weighted by atomic mass is 10.1. The summed E-state index contributed by atoms with van der Waals surface area (Å²) in [7, 11) is 1.34. The zero-order chi connectivity index (χ0) is 16.8. The van der Waals surface area contributed by atoms with Gasteiger partial charge in [-0.15, -0.1) is 0 Å². The normalized spacial score (nSPS) is 15.4. The summed E-state index contributed by atoms with van der Waals surface area (Å²) < 4.78 is 6.78. The Kier molecular flexibility index (Phi) is 3.40. The monoisotopic (exact) mass is 325 g/mol. The van der Waals surface area contributed by atoms with Crippen LogP contribution in [-0.2, 0) is 4.74 Å².